The highest BCUT2D eigenvalue weighted by molar-refractivity contribution is 6.33. The van der Waals surface area contributed by atoms with Crippen LogP contribution in [0.2, 0.25) is 5.02 Å². The number of benzene rings is 3. The second-order valence-electron chi connectivity index (χ2n) is 9.93. The molecule has 198 valence electrons. The third-order valence-electron chi connectivity index (χ3n) is 6.90. The van der Waals surface area contributed by atoms with Gasteiger partial charge in [0, 0.05) is 36.3 Å². The molecule has 0 amide bonds. The Hall–Kier alpha value is -4.01. The molecule has 8 nitrogen and oxygen atoms in total. The van der Waals surface area contributed by atoms with Gasteiger partial charge in [-0.2, -0.15) is 0 Å². The van der Waals surface area contributed by atoms with Crippen LogP contribution >= 0.6 is 11.6 Å². The summed E-state index contributed by atoms with van der Waals surface area (Å²) in [6.45, 7) is 5.71. The third-order valence-corrected chi connectivity index (χ3v) is 7.21. The number of aromatic nitrogens is 2. The molecule has 0 aliphatic carbocycles. The van der Waals surface area contributed by atoms with E-state index < -0.39 is 6.17 Å². The molecule has 6 rings (SSSR count). The molecule has 3 atom stereocenters. The Morgan fingerprint density at radius 2 is 1.67 bits per heavy atom. The van der Waals surface area contributed by atoms with E-state index in [1.54, 1.807) is 0 Å². The molecule has 1 aromatic heterocycles. The Morgan fingerprint density at radius 1 is 0.923 bits per heavy atom. The van der Waals surface area contributed by atoms with Crippen LogP contribution in [-0.4, -0.2) is 53.2 Å². The van der Waals surface area contributed by atoms with E-state index in [0.29, 0.717) is 10.6 Å². The summed E-state index contributed by atoms with van der Waals surface area (Å²) < 4.78 is 11.8. The highest BCUT2D eigenvalue weighted by Gasteiger charge is 2.28. The summed E-state index contributed by atoms with van der Waals surface area (Å²) in [6.07, 6.45) is -0.368. The summed E-state index contributed by atoms with van der Waals surface area (Å²) in [6, 6.07) is 23.5. The molecule has 3 heterocycles. The smallest absolute Gasteiger partial charge is 0.317 e. The lowest BCUT2D eigenvalue weighted by molar-refractivity contribution is -0.119. The first-order valence-electron chi connectivity index (χ1n) is 13.0. The van der Waals surface area contributed by atoms with Crippen molar-refractivity contribution in [1.82, 2.24) is 10.2 Å². The molecule has 2 aliphatic heterocycles. The lowest BCUT2D eigenvalue weighted by Gasteiger charge is -2.37. The number of ketones is 1. The molecule has 0 unspecified atom stereocenters. The normalized spacial score (nSPS) is 21.2. The Balaban J connectivity index is 1.26. The second kappa shape index (κ2) is 10.6. The number of anilines is 2. The lowest BCUT2D eigenvalue weighted by Crippen LogP contribution is -2.45. The fourth-order valence-electron chi connectivity index (χ4n) is 5.17. The molecule has 1 N–H and O–H groups in total. The van der Waals surface area contributed by atoms with Crippen molar-refractivity contribution < 1.29 is 13.9 Å². The van der Waals surface area contributed by atoms with Crippen molar-refractivity contribution in [1.29, 1.82) is 0 Å². The number of hydrogen-bond donors (Lipinski definition) is 1. The van der Waals surface area contributed by atoms with Crippen molar-refractivity contribution in [3.8, 4) is 11.5 Å². The number of carbonyl (C=O) groups excluding carboxylic acids is 1. The van der Waals surface area contributed by atoms with Gasteiger partial charge < -0.3 is 19.4 Å². The topological polar surface area (TPSA) is 92.9 Å². The predicted octanol–water partition coefficient (Wildman–Crippen LogP) is 5.40. The quantitative estimate of drug-likeness (QED) is 0.361. The van der Waals surface area contributed by atoms with E-state index in [1.165, 1.54) is 0 Å². The molecular formula is C30H28ClN5O3. The third kappa shape index (κ3) is 5.30. The molecule has 1 saturated heterocycles. The first-order valence-corrected chi connectivity index (χ1v) is 13.4. The number of ether oxygens (including phenoxy) is 1. The minimum Gasteiger partial charge on any atom is -0.403 e. The van der Waals surface area contributed by atoms with Gasteiger partial charge in [0.2, 0.25) is 0 Å². The van der Waals surface area contributed by atoms with Crippen molar-refractivity contribution in [3.05, 3.63) is 94.5 Å². The Kier molecular flexibility index (Phi) is 6.89. The van der Waals surface area contributed by atoms with Crippen LogP contribution in [0.5, 0.6) is 0 Å². The molecule has 39 heavy (non-hydrogen) atoms. The van der Waals surface area contributed by atoms with E-state index in [2.05, 4.69) is 34.3 Å². The number of Topliss-reactive ketones (excluding diaryl/α,β-unsaturated/α-hetero) is 1. The largest absolute Gasteiger partial charge is 0.403 e. The molecule has 0 bridgehead atoms. The van der Waals surface area contributed by atoms with Gasteiger partial charge in [0.05, 0.1) is 28.5 Å². The van der Waals surface area contributed by atoms with Gasteiger partial charge in [0.15, 0.2) is 11.9 Å². The molecular weight excluding hydrogens is 514 g/mol. The molecule has 0 saturated carbocycles. The molecule has 9 heteroatoms. The molecule has 2 aliphatic rings. The van der Waals surface area contributed by atoms with E-state index >= 15 is 0 Å². The van der Waals surface area contributed by atoms with Crippen LogP contribution in [0.3, 0.4) is 0 Å². The molecule has 4 aromatic rings. The van der Waals surface area contributed by atoms with Gasteiger partial charge in [0.25, 0.3) is 5.89 Å². The van der Waals surface area contributed by atoms with Gasteiger partial charge in [-0.15, -0.1) is 5.10 Å². The Morgan fingerprint density at radius 3 is 2.44 bits per heavy atom. The van der Waals surface area contributed by atoms with E-state index in [-0.39, 0.29) is 36.3 Å². The highest BCUT2D eigenvalue weighted by atomic mass is 35.5. The zero-order chi connectivity index (χ0) is 26.9. The fraction of sp³-hybridized carbons (Fsp3) is 0.267. The number of aliphatic imine (C=N–C) groups is 1. The lowest BCUT2D eigenvalue weighted by atomic mass is 9.96. The maximum atomic E-state index is 13.2. The van der Waals surface area contributed by atoms with E-state index in [1.807, 2.05) is 72.8 Å². The van der Waals surface area contributed by atoms with Gasteiger partial charge in [-0.05, 0) is 37.6 Å². The number of rotatable bonds is 5. The van der Waals surface area contributed by atoms with Crippen molar-refractivity contribution in [2.24, 2.45) is 4.99 Å². The van der Waals surface area contributed by atoms with E-state index in [0.717, 1.165) is 41.2 Å². The average molecular weight is 542 g/mol. The number of fused-ring (bicyclic) bond motifs is 1. The number of halogens is 1. The monoisotopic (exact) mass is 541 g/mol. The van der Waals surface area contributed by atoms with Gasteiger partial charge in [0.1, 0.15) is 0 Å². The van der Waals surface area contributed by atoms with Gasteiger partial charge in [-0.3, -0.25) is 9.79 Å². The van der Waals surface area contributed by atoms with Crippen LogP contribution in [0, 0.1) is 0 Å². The number of morpholine rings is 1. The van der Waals surface area contributed by atoms with Crippen molar-refractivity contribution in [2.45, 2.75) is 38.6 Å². The standard InChI is InChI=1S/C30H28ClN5O3/c1-18-16-36(17-19(2)38-18)22-12-13-24(25(31)15-22)29-34-35-30(39-29)33-28-26(37)14-21-10-6-7-11-23(21)27(32-28)20-8-4-3-5-9-20/h3-13,15,18-19,28H,14,16-17H2,1-2H3,(H,33,35)/t18-,19+,28-/m1/s1. The van der Waals surface area contributed by atoms with Crippen LogP contribution in [0.4, 0.5) is 11.7 Å². The Bertz CT molecular complexity index is 1530. The first kappa shape index (κ1) is 25.3. The molecule has 0 spiro atoms. The van der Waals surface area contributed by atoms with Gasteiger partial charge in [-0.25, -0.2) is 0 Å². The summed E-state index contributed by atoms with van der Waals surface area (Å²) in [5, 5.41) is 11.9. The zero-order valence-electron chi connectivity index (χ0n) is 21.7. The SMILES string of the molecule is C[C@@H]1CN(c2ccc(-c3nnc(N[C@H]4N=C(c5ccccc5)c5ccccc5CC4=O)o3)c(Cl)c2)C[C@H](C)O1. The van der Waals surface area contributed by atoms with Crippen molar-refractivity contribution in [3.63, 3.8) is 0 Å². The predicted molar refractivity (Wildman–Crippen MR) is 152 cm³/mol. The number of nitrogens with one attached hydrogen (secondary N) is 1. The van der Waals surface area contributed by atoms with Crippen molar-refractivity contribution >= 4 is 34.8 Å². The first-order chi connectivity index (χ1) is 18.9. The number of hydrogen-bond acceptors (Lipinski definition) is 8. The maximum absolute atomic E-state index is 13.2. The average Bonchev–Trinajstić information content (AvgIpc) is 3.34. The zero-order valence-corrected chi connectivity index (χ0v) is 22.4. The van der Waals surface area contributed by atoms with Crippen LogP contribution in [0.15, 0.2) is 82.2 Å². The summed E-state index contributed by atoms with van der Waals surface area (Å²) in [7, 11) is 0. The van der Waals surface area contributed by atoms with Crippen LogP contribution < -0.4 is 10.2 Å². The van der Waals surface area contributed by atoms with E-state index in [9.17, 15) is 4.79 Å². The molecule has 1 fully saturated rings. The fourth-order valence-corrected chi connectivity index (χ4v) is 5.43. The maximum Gasteiger partial charge on any atom is 0.317 e. The van der Waals surface area contributed by atoms with Gasteiger partial charge >= 0.3 is 6.01 Å². The number of nitrogens with zero attached hydrogens (tertiary/aromatic N) is 4. The van der Waals surface area contributed by atoms with E-state index in [4.69, 9.17) is 25.7 Å². The van der Waals surface area contributed by atoms with Crippen LogP contribution in [0.25, 0.3) is 11.5 Å². The summed E-state index contributed by atoms with van der Waals surface area (Å²) in [5.74, 6) is 0.166. The molecule has 0 radical (unpaired) electrons. The van der Waals surface area contributed by atoms with Crippen LogP contribution in [-0.2, 0) is 16.0 Å². The minimum atomic E-state index is -0.885. The highest BCUT2D eigenvalue weighted by Crippen LogP contribution is 2.33. The minimum absolute atomic E-state index is 0.0931. The summed E-state index contributed by atoms with van der Waals surface area (Å²) >= 11 is 6.66. The van der Waals surface area contributed by atoms with Crippen molar-refractivity contribution in [2.75, 3.05) is 23.3 Å². The molecule has 3 aromatic carbocycles. The number of carbonyl (C=O) groups is 1. The summed E-state index contributed by atoms with van der Waals surface area (Å²) in [5.41, 5.74) is 5.15. The van der Waals surface area contributed by atoms with Crippen LogP contribution in [0.1, 0.15) is 30.5 Å². The second-order valence-corrected chi connectivity index (χ2v) is 10.3. The Labute approximate surface area is 231 Å². The van der Waals surface area contributed by atoms with Gasteiger partial charge in [-0.1, -0.05) is 71.3 Å². The summed E-state index contributed by atoms with van der Waals surface area (Å²) in [4.78, 5) is 20.3.